The predicted molar refractivity (Wildman–Crippen MR) is 107 cm³/mol. The Labute approximate surface area is 175 Å². The van der Waals surface area contributed by atoms with E-state index in [0.717, 1.165) is 17.2 Å². The van der Waals surface area contributed by atoms with Crippen LogP contribution in [0.25, 0.3) is 11.3 Å². The third-order valence-electron chi connectivity index (χ3n) is 4.97. The molecule has 0 aliphatic heterocycles. The van der Waals surface area contributed by atoms with Crippen molar-refractivity contribution >= 4 is 10.1 Å². The Morgan fingerprint density at radius 1 is 1.03 bits per heavy atom. The number of pyridine rings is 1. The second kappa shape index (κ2) is 7.45. The average molecular weight is 451 g/mol. The molecule has 0 unspecified atom stereocenters. The van der Waals surface area contributed by atoms with Crippen molar-refractivity contribution in [2.24, 2.45) is 0 Å². The van der Waals surface area contributed by atoms with E-state index < -0.39 is 26.9 Å². The van der Waals surface area contributed by atoms with Crippen molar-refractivity contribution < 1.29 is 30.5 Å². The van der Waals surface area contributed by atoms with Crippen molar-refractivity contribution in [3.05, 3.63) is 81.6 Å². The fourth-order valence-electron chi connectivity index (χ4n) is 3.55. The third-order valence-corrected chi connectivity index (χ3v) is 5.94. The Bertz CT molecular complexity index is 1310. The van der Waals surface area contributed by atoms with Crippen LogP contribution in [-0.2, 0) is 23.1 Å². The topological polar surface area (TPSA) is 74.6 Å². The molecule has 0 spiro atoms. The molecule has 0 bridgehead atoms. The summed E-state index contributed by atoms with van der Waals surface area (Å²) in [5.74, 6) is -0.294. The van der Waals surface area contributed by atoms with Crippen LogP contribution in [0.2, 0.25) is 0 Å². The van der Waals surface area contributed by atoms with Gasteiger partial charge in [0.25, 0.3) is 5.56 Å². The molecule has 4 rings (SSSR count). The van der Waals surface area contributed by atoms with Crippen LogP contribution in [0.15, 0.2) is 59.4 Å². The van der Waals surface area contributed by atoms with Gasteiger partial charge in [-0.15, -0.1) is 0 Å². The maximum absolute atomic E-state index is 13.1. The van der Waals surface area contributed by atoms with Crippen LogP contribution in [0.5, 0.6) is 11.5 Å². The van der Waals surface area contributed by atoms with Crippen molar-refractivity contribution in [1.29, 1.82) is 0 Å². The molecule has 6 nitrogen and oxygen atoms in total. The number of halogens is 3. The van der Waals surface area contributed by atoms with Gasteiger partial charge in [0.05, 0.1) is 19.3 Å². The third kappa shape index (κ3) is 3.78. The van der Waals surface area contributed by atoms with Crippen LogP contribution in [0.4, 0.5) is 13.2 Å². The van der Waals surface area contributed by atoms with Gasteiger partial charge in [-0.25, -0.2) is 0 Å². The Morgan fingerprint density at radius 3 is 2.35 bits per heavy atom. The first kappa shape index (κ1) is 21.0. The number of ether oxygens (including phenoxy) is 1. The van der Waals surface area contributed by atoms with Crippen molar-refractivity contribution in [2.45, 2.75) is 18.5 Å². The fraction of sp³-hybridized carbons (Fsp3) is 0.190. The number of rotatable bonds is 5. The highest BCUT2D eigenvalue weighted by Gasteiger charge is 2.49. The lowest BCUT2D eigenvalue weighted by molar-refractivity contribution is -0.0500. The maximum atomic E-state index is 13.1. The zero-order chi connectivity index (χ0) is 22.4. The lowest BCUT2D eigenvalue weighted by Gasteiger charge is -2.16. The molecule has 0 amide bonds. The van der Waals surface area contributed by atoms with Gasteiger partial charge < -0.3 is 13.5 Å². The van der Waals surface area contributed by atoms with E-state index >= 15 is 0 Å². The first-order chi connectivity index (χ1) is 14.6. The minimum absolute atomic E-state index is 0.00274. The molecule has 162 valence electrons. The van der Waals surface area contributed by atoms with Gasteiger partial charge in [0.2, 0.25) is 5.75 Å². The summed E-state index contributed by atoms with van der Waals surface area (Å²) in [5, 5.41) is 0. The molecule has 2 aromatic carbocycles. The van der Waals surface area contributed by atoms with Crippen LogP contribution >= 0.6 is 0 Å². The van der Waals surface area contributed by atoms with E-state index in [1.165, 1.54) is 11.7 Å². The molecule has 0 atom stereocenters. The van der Waals surface area contributed by atoms with Crippen LogP contribution in [0.3, 0.4) is 0 Å². The number of alkyl halides is 3. The molecule has 1 heterocycles. The van der Waals surface area contributed by atoms with Gasteiger partial charge in [0.15, 0.2) is 0 Å². The summed E-state index contributed by atoms with van der Waals surface area (Å²) in [4.78, 5) is 13.1. The van der Waals surface area contributed by atoms with Gasteiger partial charge >= 0.3 is 15.6 Å². The molecule has 0 fully saturated rings. The van der Waals surface area contributed by atoms with Gasteiger partial charge in [-0.3, -0.25) is 4.79 Å². The van der Waals surface area contributed by atoms with Crippen molar-refractivity contribution in [3.8, 4) is 22.8 Å². The summed E-state index contributed by atoms with van der Waals surface area (Å²) >= 11 is 0. The van der Waals surface area contributed by atoms with Gasteiger partial charge in [-0.2, -0.15) is 21.6 Å². The Balaban J connectivity index is 1.87. The minimum Gasteiger partial charge on any atom is -0.497 e. The first-order valence-electron chi connectivity index (χ1n) is 9.09. The van der Waals surface area contributed by atoms with E-state index in [1.54, 1.807) is 36.4 Å². The Hall–Kier alpha value is -3.27. The summed E-state index contributed by atoms with van der Waals surface area (Å²) in [6.45, 7) is 0.00274. The lowest BCUT2D eigenvalue weighted by atomic mass is 10.1. The van der Waals surface area contributed by atoms with Crippen molar-refractivity contribution in [2.75, 3.05) is 7.11 Å². The van der Waals surface area contributed by atoms with Crippen LogP contribution < -0.4 is 14.5 Å². The summed E-state index contributed by atoms with van der Waals surface area (Å²) in [5.41, 5.74) is -3.30. The van der Waals surface area contributed by atoms with Gasteiger partial charge in [0, 0.05) is 12.0 Å². The number of hydrogen-bond donors (Lipinski definition) is 0. The number of methoxy groups -OCH3 is 1. The smallest absolute Gasteiger partial charge is 0.497 e. The monoisotopic (exact) mass is 451 g/mol. The highest BCUT2D eigenvalue weighted by Crippen LogP contribution is 2.38. The van der Waals surface area contributed by atoms with Gasteiger partial charge in [-0.05, 0) is 34.9 Å². The number of aromatic nitrogens is 1. The van der Waals surface area contributed by atoms with Crippen LogP contribution in [0, 0.1) is 0 Å². The van der Waals surface area contributed by atoms with E-state index in [4.69, 9.17) is 4.74 Å². The molecule has 0 saturated carbocycles. The summed E-state index contributed by atoms with van der Waals surface area (Å²) in [7, 11) is -4.48. The van der Waals surface area contributed by atoms with E-state index in [0.29, 0.717) is 29.0 Å². The van der Waals surface area contributed by atoms with Crippen molar-refractivity contribution in [1.82, 2.24) is 4.57 Å². The zero-order valence-electron chi connectivity index (χ0n) is 16.1. The lowest BCUT2D eigenvalue weighted by Crippen LogP contribution is -2.32. The van der Waals surface area contributed by atoms with E-state index in [1.807, 2.05) is 12.1 Å². The molecule has 3 aromatic rings. The zero-order valence-corrected chi connectivity index (χ0v) is 17.0. The molecule has 10 heteroatoms. The van der Waals surface area contributed by atoms with Crippen LogP contribution in [0.1, 0.15) is 16.7 Å². The number of benzene rings is 2. The second-order valence-electron chi connectivity index (χ2n) is 6.94. The molecular formula is C21H16F3NO5S. The number of nitrogens with zero attached hydrogens (tertiary/aromatic N) is 1. The predicted octanol–water partition coefficient (Wildman–Crippen LogP) is 3.70. The standard InChI is InChI=1S/C21H16F3NO5S/c1-29-16-8-6-13(7-9-16)12-25-19-15(10-14-4-2-3-5-17(14)19)11-18(20(25)26)30-31(27,28)21(22,23)24/h2-9,11H,10,12H2,1H3. The largest absolute Gasteiger partial charge is 0.534 e. The molecule has 0 saturated heterocycles. The van der Waals surface area contributed by atoms with E-state index in [-0.39, 0.29) is 6.54 Å². The number of hydrogen-bond acceptors (Lipinski definition) is 5. The molecule has 0 N–H and O–H groups in total. The maximum Gasteiger partial charge on any atom is 0.534 e. The van der Waals surface area contributed by atoms with Gasteiger partial charge in [-0.1, -0.05) is 36.4 Å². The molecular weight excluding hydrogens is 435 g/mol. The minimum atomic E-state index is -5.99. The number of fused-ring (bicyclic) bond motifs is 3. The molecule has 1 aromatic heterocycles. The van der Waals surface area contributed by atoms with E-state index in [2.05, 4.69) is 4.18 Å². The Kier molecular flexibility index (Phi) is 5.04. The van der Waals surface area contributed by atoms with Crippen LogP contribution in [-0.4, -0.2) is 25.6 Å². The average Bonchev–Trinajstić information content (AvgIpc) is 3.08. The highest BCUT2D eigenvalue weighted by molar-refractivity contribution is 7.88. The first-order valence-corrected chi connectivity index (χ1v) is 10.5. The molecule has 31 heavy (non-hydrogen) atoms. The molecule has 0 radical (unpaired) electrons. The SMILES string of the molecule is COc1ccc(Cn2c3c(cc(OS(=O)(=O)C(F)(F)F)c2=O)Cc2ccccc2-3)cc1. The van der Waals surface area contributed by atoms with Crippen molar-refractivity contribution in [3.63, 3.8) is 0 Å². The quantitative estimate of drug-likeness (QED) is 0.342. The normalized spacial score (nSPS) is 12.9. The summed E-state index contributed by atoms with van der Waals surface area (Å²) < 4.78 is 72.1. The molecule has 1 aliphatic rings. The summed E-state index contributed by atoms with van der Waals surface area (Å²) in [6.07, 6.45) is 0.330. The van der Waals surface area contributed by atoms with E-state index in [9.17, 15) is 26.4 Å². The Morgan fingerprint density at radius 2 is 1.71 bits per heavy atom. The molecule has 1 aliphatic carbocycles. The fourth-order valence-corrected chi connectivity index (χ4v) is 4.00. The van der Waals surface area contributed by atoms with Gasteiger partial charge in [0.1, 0.15) is 5.75 Å². The second-order valence-corrected chi connectivity index (χ2v) is 8.48. The highest BCUT2D eigenvalue weighted by atomic mass is 32.2. The summed E-state index contributed by atoms with van der Waals surface area (Å²) in [6, 6.07) is 15.1.